The molecule has 0 radical (unpaired) electrons. The molecule has 2 unspecified atom stereocenters. The van der Waals surface area contributed by atoms with Gasteiger partial charge in [0.15, 0.2) is 17.4 Å². The second kappa shape index (κ2) is 8.39. The van der Waals surface area contributed by atoms with Crippen LogP contribution in [0.15, 0.2) is 42.7 Å². The number of hydrogen-bond donors (Lipinski definition) is 0. The summed E-state index contributed by atoms with van der Waals surface area (Å²) >= 11 is 0. The molecule has 1 saturated carbocycles. The van der Waals surface area contributed by atoms with Crippen molar-refractivity contribution in [3.63, 3.8) is 0 Å². The third-order valence-corrected chi connectivity index (χ3v) is 6.60. The van der Waals surface area contributed by atoms with Gasteiger partial charge in [-0.15, -0.1) is 0 Å². The summed E-state index contributed by atoms with van der Waals surface area (Å²) in [6.45, 7) is 3.90. The molecule has 0 bridgehead atoms. The van der Waals surface area contributed by atoms with Gasteiger partial charge < -0.3 is 9.64 Å². The highest BCUT2D eigenvalue weighted by molar-refractivity contribution is 5.65. The standard InChI is InChI=1S/C25H21F3N4O/c1-2-14-9-30-25(31-10-14)32-11-18-19(12-32)20(18)13-33-24-22(27)6-17(7-23(24)28)15-3-4-16(8-29)21(26)5-15/h3-7,9-10,18-20H,2,11-13H2,1H3/t18-,19?,20?/m1/s1. The maximum Gasteiger partial charge on any atom is 0.225 e. The molecular formula is C25H21F3N4O. The molecule has 5 rings (SSSR count). The molecule has 2 aromatic carbocycles. The Morgan fingerprint density at radius 2 is 1.64 bits per heavy atom. The summed E-state index contributed by atoms with van der Waals surface area (Å²) in [4.78, 5) is 11.0. The Hall–Kier alpha value is -3.60. The number of rotatable bonds is 6. The monoisotopic (exact) mass is 450 g/mol. The number of fused-ring (bicyclic) bond motifs is 1. The van der Waals surface area contributed by atoms with Crippen LogP contribution >= 0.6 is 0 Å². The normalized spacial score (nSPS) is 20.9. The van der Waals surface area contributed by atoms with E-state index in [0.29, 0.717) is 17.8 Å². The average Bonchev–Trinajstić information content (AvgIpc) is 3.26. The number of aromatic nitrogens is 2. The van der Waals surface area contributed by atoms with Crippen LogP contribution in [0, 0.1) is 46.5 Å². The van der Waals surface area contributed by atoms with E-state index in [1.54, 1.807) is 6.07 Å². The van der Waals surface area contributed by atoms with Crippen molar-refractivity contribution in [2.45, 2.75) is 13.3 Å². The van der Waals surface area contributed by atoms with Crippen molar-refractivity contribution in [1.82, 2.24) is 9.97 Å². The van der Waals surface area contributed by atoms with Crippen LogP contribution in [0.5, 0.6) is 5.75 Å². The summed E-state index contributed by atoms with van der Waals surface area (Å²) in [6.07, 6.45) is 4.58. The Bertz CT molecular complexity index is 1210. The van der Waals surface area contributed by atoms with Crippen molar-refractivity contribution in [3.05, 3.63) is 71.3 Å². The largest absolute Gasteiger partial charge is 0.487 e. The minimum Gasteiger partial charge on any atom is -0.487 e. The molecule has 2 fully saturated rings. The lowest BCUT2D eigenvalue weighted by atomic mass is 10.0. The third-order valence-electron chi connectivity index (χ3n) is 6.60. The van der Waals surface area contributed by atoms with Gasteiger partial charge in [-0.05, 0) is 59.2 Å². The molecule has 1 aliphatic carbocycles. The summed E-state index contributed by atoms with van der Waals surface area (Å²) in [5, 5.41) is 8.83. The van der Waals surface area contributed by atoms with Gasteiger partial charge in [0.1, 0.15) is 11.9 Å². The molecule has 5 nitrogen and oxygen atoms in total. The minimum absolute atomic E-state index is 0.127. The summed E-state index contributed by atoms with van der Waals surface area (Å²) in [7, 11) is 0. The smallest absolute Gasteiger partial charge is 0.225 e. The van der Waals surface area contributed by atoms with Crippen molar-refractivity contribution < 1.29 is 17.9 Å². The number of aryl methyl sites for hydroxylation is 1. The highest BCUT2D eigenvalue weighted by Crippen LogP contribution is 2.52. The van der Waals surface area contributed by atoms with Gasteiger partial charge in [0.2, 0.25) is 5.95 Å². The summed E-state index contributed by atoms with van der Waals surface area (Å²) < 4.78 is 48.6. The van der Waals surface area contributed by atoms with Gasteiger partial charge in [-0.1, -0.05) is 13.0 Å². The summed E-state index contributed by atoms with van der Waals surface area (Å²) in [6, 6.07) is 7.77. The maximum absolute atomic E-state index is 14.6. The van der Waals surface area contributed by atoms with E-state index >= 15 is 0 Å². The zero-order chi connectivity index (χ0) is 23.1. The molecule has 168 valence electrons. The highest BCUT2D eigenvalue weighted by Gasteiger charge is 2.56. The quantitative estimate of drug-likeness (QED) is 0.542. The Balaban J connectivity index is 1.21. The third kappa shape index (κ3) is 3.99. The predicted octanol–water partition coefficient (Wildman–Crippen LogP) is 4.76. The SMILES string of the molecule is CCc1cnc(N2CC3C(COc4c(F)cc(-c5ccc(C#N)c(F)c5)cc4F)[C@@H]3C2)nc1. The molecule has 33 heavy (non-hydrogen) atoms. The van der Waals surface area contributed by atoms with Gasteiger partial charge in [-0.2, -0.15) is 5.26 Å². The van der Waals surface area contributed by atoms with E-state index in [2.05, 4.69) is 21.8 Å². The lowest BCUT2D eigenvalue weighted by Gasteiger charge is -2.20. The number of piperidine rings is 1. The van der Waals surface area contributed by atoms with Crippen LogP contribution in [0.1, 0.15) is 18.1 Å². The Labute approximate surface area is 189 Å². The van der Waals surface area contributed by atoms with Crippen LogP contribution in [-0.2, 0) is 6.42 Å². The fraction of sp³-hybridized carbons (Fsp3) is 0.320. The Kier molecular flexibility index (Phi) is 5.41. The molecule has 8 heteroatoms. The molecular weight excluding hydrogens is 429 g/mol. The number of halogens is 3. The number of nitriles is 1. The van der Waals surface area contributed by atoms with Crippen molar-refractivity contribution in [1.29, 1.82) is 5.26 Å². The van der Waals surface area contributed by atoms with Crippen LogP contribution < -0.4 is 9.64 Å². The lowest BCUT2D eigenvalue weighted by Crippen LogP contribution is -2.27. The molecule has 0 spiro atoms. The molecule has 0 N–H and O–H groups in total. The zero-order valence-corrected chi connectivity index (χ0v) is 17.9. The number of ether oxygens (including phenoxy) is 1. The highest BCUT2D eigenvalue weighted by atomic mass is 19.1. The van der Waals surface area contributed by atoms with E-state index in [9.17, 15) is 13.2 Å². The van der Waals surface area contributed by atoms with Gasteiger partial charge in [0.25, 0.3) is 0 Å². The van der Waals surface area contributed by atoms with Gasteiger partial charge >= 0.3 is 0 Å². The first-order valence-corrected chi connectivity index (χ1v) is 10.9. The molecule has 2 heterocycles. The first kappa shape index (κ1) is 21.3. The van der Waals surface area contributed by atoms with Gasteiger partial charge in [0, 0.05) is 31.4 Å². The fourth-order valence-electron chi connectivity index (χ4n) is 4.58. The lowest BCUT2D eigenvalue weighted by molar-refractivity contribution is 0.257. The topological polar surface area (TPSA) is 62.0 Å². The maximum atomic E-state index is 14.6. The van der Waals surface area contributed by atoms with E-state index in [4.69, 9.17) is 10.00 Å². The van der Waals surface area contributed by atoms with Gasteiger partial charge in [-0.3, -0.25) is 0 Å². The molecule has 0 amide bonds. The Morgan fingerprint density at radius 1 is 1.00 bits per heavy atom. The molecule has 3 aromatic rings. The van der Waals surface area contributed by atoms with E-state index in [1.165, 1.54) is 12.1 Å². The van der Waals surface area contributed by atoms with Crippen LogP contribution in [0.2, 0.25) is 0 Å². The van der Waals surface area contributed by atoms with Crippen molar-refractivity contribution >= 4 is 5.95 Å². The van der Waals surface area contributed by atoms with Crippen molar-refractivity contribution in [2.75, 3.05) is 24.6 Å². The molecule has 1 aliphatic heterocycles. The minimum atomic E-state index is -0.841. The first-order chi connectivity index (χ1) is 16.0. The summed E-state index contributed by atoms with van der Waals surface area (Å²) in [5.41, 5.74) is 1.42. The van der Waals surface area contributed by atoms with Crippen LogP contribution in [0.4, 0.5) is 19.1 Å². The van der Waals surface area contributed by atoms with Gasteiger partial charge in [0.05, 0.1) is 12.2 Å². The van der Waals surface area contributed by atoms with Crippen LogP contribution in [0.25, 0.3) is 11.1 Å². The van der Waals surface area contributed by atoms with Crippen LogP contribution in [0.3, 0.4) is 0 Å². The average molecular weight is 450 g/mol. The second-order valence-corrected chi connectivity index (χ2v) is 8.53. The molecule has 3 atom stereocenters. The van der Waals surface area contributed by atoms with Gasteiger partial charge in [-0.25, -0.2) is 23.1 Å². The van der Waals surface area contributed by atoms with Crippen molar-refractivity contribution in [3.8, 4) is 22.9 Å². The van der Waals surface area contributed by atoms with E-state index in [1.807, 2.05) is 12.4 Å². The zero-order valence-electron chi connectivity index (χ0n) is 17.9. The predicted molar refractivity (Wildman–Crippen MR) is 116 cm³/mol. The number of benzene rings is 2. The second-order valence-electron chi connectivity index (χ2n) is 8.53. The number of nitrogens with zero attached hydrogens (tertiary/aromatic N) is 4. The van der Waals surface area contributed by atoms with Crippen LogP contribution in [-0.4, -0.2) is 29.7 Å². The molecule has 1 aromatic heterocycles. The fourth-order valence-corrected chi connectivity index (χ4v) is 4.58. The number of anilines is 1. The van der Waals surface area contributed by atoms with E-state index < -0.39 is 23.2 Å². The first-order valence-electron chi connectivity index (χ1n) is 10.9. The van der Waals surface area contributed by atoms with E-state index in [-0.39, 0.29) is 29.2 Å². The molecule has 2 aliphatic rings. The summed E-state index contributed by atoms with van der Waals surface area (Å²) in [5.74, 6) is -1.10. The van der Waals surface area contributed by atoms with E-state index in [0.717, 1.165) is 43.3 Å². The molecule has 1 saturated heterocycles. The number of hydrogen-bond acceptors (Lipinski definition) is 5. The van der Waals surface area contributed by atoms with Crippen molar-refractivity contribution in [2.24, 2.45) is 17.8 Å². The Morgan fingerprint density at radius 3 is 2.21 bits per heavy atom.